The molecule has 19 heavy (non-hydrogen) atoms. The van der Waals surface area contributed by atoms with Crippen LogP contribution in [0.4, 0.5) is 5.82 Å². The second kappa shape index (κ2) is 5.27. The summed E-state index contributed by atoms with van der Waals surface area (Å²) in [5.74, 6) is 1.06. The molecule has 0 unspecified atom stereocenters. The number of aromatic nitrogens is 1. The van der Waals surface area contributed by atoms with Crippen molar-refractivity contribution in [1.82, 2.24) is 4.98 Å². The van der Waals surface area contributed by atoms with E-state index in [1.165, 1.54) is 18.4 Å². The molecule has 100 valence electrons. The molecule has 0 aliphatic heterocycles. The second-order valence-corrected chi connectivity index (χ2v) is 6.14. The van der Waals surface area contributed by atoms with Gasteiger partial charge in [-0.05, 0) is 30.3 Å². The SMILES string of the molecule is CS(=O)(=O)c1ccc(OCc2ccc(N)nc2)cc1. The van der Waals surface area contributed by atoms with Gasteiger partial charge in [0.05, 0.1) is 4.90 Å². The first kappa shape index (κ1) is 13.4. The summed E-state index contributed by atoms with van der Waals surface area (Å²) in [6.07, 6.45) is 2.81. The number of hydrogen-bond donors (Lipinski definition) is 1. The van der Waals surface area contributed by atoms with Gasteiger partial charge in [-0.2, -0.15) is 0 Å². The molecule has 0 spiro atoms. The Morgan fingerprint density at radius 2 is 1.84 bits per heavy atom. The van der Waals surface area contributed by atoms with Gasteiger partial charge >= 0.3 is 0 Å². The van der Waals surface area contributed by atoms with Gasteiger partial charge < -0.3 is 10.5 Å². The van der Waals surface area contributed by atoms with Gasteiger partial charge in [0.2, 0.25) is 0 Å². The normalized spacial score (nSPS) is 11.2. The fourth-order valence-electron chi connectivity index (χ4n) is 1.47. The predicted molar refractivity (Wildman–Crippen MR) is 72.5 cm³/mol. The first-order chi connectivity index (χ1) is 8.95. The average molecular weight is 278 g/mol. The largest absolute Gasteiger partial charge is 0.489 e. The minimum Gasteiger partial charge on any atom is -0.489 e. The molecule has 0 fully saturated rings. The van der Waals surface area contributed by atoms with Crippen molar-refractivity contribution in [3.8, 4) is 5.75 Å². The lowest BCUT2D eigenvalue weighted by molar-refractivity contribution is 0.305. The number of sulfone groups is 1. The van der Waals surface area contributed by atoms with E-state index < -0.39 is 9.84 Å². The number of nitrogen functional groups attached to an aromatic ring is 1. The number of rotatable bonds is 4. The third-order valence-electron chi connectivity index (χ3n) is 2.51. The van der Waals surface area contributed by atoms with Crippen molar-refractivity contribution in [2.75, 3.05) is 12.0 Å². The van der Waals surface area contributed by atoms with E-state index in [4.69, 9.17) is 10.5 Å². The highest BCUT2D eigenvalue weighted by atomic mass is 32.2. The molecule has 1 aromatic carbocycles. The summed E-state index contributed by atoms with van der Waals surface area (Å²) in [6, 6.07) is 9.82. The Balaban J connectivity index is 2.02. The van der Waals surface area contributed by atoms with Crippen molar-refractivity contribution in [3.05, 3.63) is 48.2 Å². The van der Waals surface area contributed by atoms with E-state index in [1.807, 2.05) is 6.07 Å². The van der Waals surface area contributed by atoms with Gasteiger partial charge in [-0.1, -0.05) is 6.07 Å². The maximum Gasteiger partial charge on any atom is 0.175 e. The number of hydrogen-bond acceptors (Lipinski definition) is 5. The van der Waals surface area contributed by atoms with Crippen LogP contribution in [-0.2, 0) is 16.4 Å². The summed E-state index contributed by atoms with van der Waals surface area (Å²) < 4.78 is 28.1. The van der Waals surface area contributed by atoms with Crippen LogP contribution >= 0.6 is 0 Å². The smallest absolute Gasteiger partial charge is 0.175 e. The molecule has 0 radical (unpaired) electrons. The number of pyridine rings is 1. The van der Waals surface area contributed by atoms with E-state index in [9.17, 15) is 8.42 Å². The van der Waals surface area contributed by atoms with E-state index in [2.05, 4.69) is 4.98 Å². The fraction of sp³-hybridized carbons (Fsp3) is 0.154. The van der Waals surface area contributed by atoms with Crippen LogP contribution in [0.2, 0.25) is 0 Å². The zero-order valence-corrected chi connectivity index (χ0v) is 11.2. The number of benzene rings is 1. The van der Waals surface area contributed by atoms with Crippen molar-refractivity contribution in [1.29, 1.82) is 0 Å². The summed E-state index contributed by atoms with van der Waals surface area (Å²) in [4.78, 5) is 4.23. The Hall–Kier alpha value is -2.08. The third-order valence-corrected chi connectivity index (χ3v) is 3.63. The minimum atomic E-state index is -3.17. The summed E-state index contributed by atoms with van der Waals surface area (Å²) in [5, 5.41) is 0. The molecule has 1 heterocycles. The summed E-state index contributed by atoms with van der Waals surface area (Å²) >= 11 is 0. The lowest BCUT2D eigenvalue weighted by atomic mass is 10.3. The highest BCUT2D eigenvalue weighted by molar-refractivity contribution is 7.90. The van der Waals surface area contributed by atoms with E-state index in [0.29, 0.717) is 18.2 Å². The summed E-state index contributed by atoms with van der Waals surface area (Å²) in [6.45, 7) is 0.353. The third kappa shape index (κ3) is 3.69. The first-order valence-corrected chi connectivity index (χ1v) is 7.47. The maximum atomic E-state index is 11.3. The highest BCUT2D eigenvalue weighted by Gasteiger charge is 2.06. The molecule has 0 amide bonds. The average Bonchev–Trinajstić information content (AvgIpc) is 2.37. The summed E-state index contributed by atoms with van der Waals surface area (Å²) in [7, 11) is -3.17. The molecule has 0 atom stereocenters. The molecule has 0 aliphatic carbocycles. The molecule has 0 aliphatic rings. The van der Waals surface area contributed by atoms with Crippen LogP contribution in [-0.4, -0.2) is 19.7 Å². The number of ether oxygens (including phenoxy) is 1. The van der Waals surface area contributed by atoms with E-state index in [-0.39, 0.29) is 4.90 Å². The topological polar surface area (TPSA) is 82.3 Å². The first-order valence-electron chi connectivity index (χ1n) is 5.58. The van der Waals surface area contributed by atoms with Gasteiger partial charge in [-0.25, -0.2) is 13.4 Å². The van der Waals surface area contributed by atoms with Gasteiger partial charge in [0.1, 0.15) is 18.2 Å². The number of nitrogens with two attached hydrogens (primary N) is 1. The van der Waals surface area contributed by atoms with Gasteiger partial charge in [-0.3, -0.25) is 0 Å². The molecule has 2 rings (SSSR count). The standard InChI is InChI=1S/C13H14N2O3S/c1-19(16,17)12-5-3-11(4-6-12)18-9-10-2-7-13(14)15-8-10/h2-8H,9H2,1H3,(H2,14,15). The monoisotopic (exact) mass is 278 g/mol. The molecular weight excluding hydrogens is 264 g/mol. The molecule has 6 heteroatoms. The van der Waals surface area contributed by atoms with Crippen molar-refractivity contribution in [2.45, 2.75) is 11.5 Å². The zero-order valence-electron chi connectivity index (χ0n) is 10.4. The Morgan fingerprint density at radius 1 is 1.16 bits per heavy atom. The Kier molecular flexibility index (Phi) is 3.71. The van der Waals surface area contributed by atoms with Crippen LogP contribution in [0.5, 0.6) is 5.75 Å². The molecule has 2 aromatic rings. The van der Waals surface area contributed by atoms with Gasteiger partial charge in [0.25, 0.3) is 0 Å². The Bertz CT molecular complexity index is 649. The lowest BCUT2D eigenvalue weighted by Gasteiger charge is -2.06. The minimum absolute atomic E-state index is 0.272. The van der Waals surface area contributed by atoms with Crippen LogP contribution in [0.3, 0.4) is 0 Å². The maximum absolute atomic E-state index is 11.3. The molecule has 0 bridgehead atoms. The number of nitrogens with zero attached hydrogens (tertiary/aromatic N) is 1. The van der Waals surface area contributed by atoms with Crippen LogP contribution < -0.4 is 10.5 Å². The van der Waals surface area contributed by atoms with Crippen molar-refractivity contribution >= 4 is 15.7 Å². The van der Waals surface area contributed by atoms with Gasteiger partial charge in [0.15, 0.2) is 9.84 Å². The van der Waals surface area contributed by atoms with Crippen molar-refractivity contribution < 1.29 is 13.2 Å². The Morgan fingerprint density at radius 3 is 2.37 bits per heavy atom. The van der Waals surface area contributed by atoms with E-state index in [0.717, 1.165) is 5.56 Å². The van der Waals surface area contributed by atoms with Gasteiger partial charge in [-0.15, -0.1) is 0 Å². The quantitative estimate of drug-likeness (QED) is 0.919. The van der Waals surface area contributed by atoms with Crippen molar-refractivity contribution in [3.63, 3.8) is 0 Å². The van der Waals surface area contributed by atoms with Crippen LogP contribution in [0.15, 0.2) is 47.5 Å². The molecule has 1 aromatic heterocycles. The molecule has 0 saturated carbocycles. The fourth-order valence-corrected chi connectivity index (χ4v) is 2.10. The van der Waals surface area contributed by atoms with Crippen LogP contribution in [0, 0.1) is 0 Å². The molecule has 5 nitrogen and oxygen atoms in total. The van der Waals surface area contributed by atoms with E-state index >= 15 is 0 Å². The van der Waals surface area contributed by atoms with Gasteiger partial charge in [0, 0.05) is 18.0 Å². The Labute approximate surface area is 112 Å². The summed E-state index contributed by atoms with van der Waals surface area (Å²) in [5.41, 5.74) is 6.37. The molecule has 0 saturated heterocycles. The lowest BCUT2D eigenvalue weighted by Crippen LogP contribution is -1.99. The predicted octanol–water partition coefficient (Wildman–Crippen LogP) is 1.65. The molecular formula is C13H14N2O3S. The van der Waals surface area contributed by atoms with Crippen molar-refractivity contribution in [2.24, 2.45) is 0 Å². The van der Waals surface area contributed by atoms with Crippen LogP contribution in [0.1, 0.15) is 5.56 Å². The molecule has 2 N–H and O–H groups in total. The number of anilines is 1. The zero-order chi connectivity index (χ0) is 13.9. The highest BCUT2D eigenvalue weighted by Crippen LogP contribution is 2.17. The van der Waals surface area contributed by atoms with E-state index in [1.54, 1.807) is 24.4 Å². The second-order valence-electron chi connectivity index (χ2n) is 4.12. The van der Waals surface area contributed by atoms with Crippen LogP contribution in [0.25, 0.3) is 0 Å².